The van der Waals surface area contributed by atoms with Crippen molar-refractivity contribution < 1.29 is 9.59 Å². The molecule has 0 atom stereocenters. The third-order valence-corrected chi connectivity index (χ3v) is 4.91. The second-order valence-corrected chi connectivity index (χ2v) is 7.08. The van der Waals surface area contributed by atoms with E-state index in [1.165, 1.54) is 12.8 Å². The maximum Gasteiger partial charge on any atom is 0.236 e. The number of benzene rings is 1. The van der Waals surface area contributed by atoms with Crippen molar-refractivity contribution in [3.8, 4) is 0 Å². The van der Waals surface area contributed by atoms with Crippen LogP contribution < -0.4 is 5.32 Å². The van der Waals surface area contributed by atoms with Crippen molar-refractivity contribution in [3.63, 3.8) is 0 Å². The Hall–Kier alpha value is -1.30. The molecule has 2 fully saturated rings. The molecular weight excluding hydrogens is 361 g/mol. The first-order valence-corrected chi connectivity index (χ1v) is 9.00. The van der Waals surface area contributed by atoms with E-state index in [1.807, 2.05) is 21.9 Å². The molecule has 1 N–H and O–H groups in total. The molecule has 0 unspecified atom stereocenters. The zero-order valence-electron chi connectivity index (χ0n) is 14.2. The molecule has 138 valence electrons. The summed E-state index contributed by atoms with van der Waals surface area (Å²) in [6, 6.07) is 7.36. The van der Waals surface area contributed by atoms with E-state index in [-0.39, 0.29) is 24.2 Å². The van der Waals surface area contributed by atoms with E-state index >= 15 is 0 Å². The summed E-state index contributed by atoms with van der Waals surface area (Å²) in [5.74, 6) is 1.02. The molecular formula is C18H25Cl2N3O2. The molecule has 1 heterocycles. The Bertz CT molecular complexity index is 582. The molecule has 0 spiro atoms. The first-order valence-electron chi connectivity index (χ1n) is 8.62. The Morgan fingerprint density at radius 3 is 2.12 bits per heavy atom. The largest absolute Gasteiger partial charge is 0.339 e. The van der Waals surface area contributed by atoms with Gasteiger partial charge in [0.1, 0.15) is 0 Å². The molecule has 7 heteroatoms. The van der Waals surface area contributed by atoms with Gasteiger partial charge in [-0.05, 0) is 43.0 Å². The van der Waals surface area contributed by atoms with Crippen LogP contribution in [0.4, 0.5) is 0 Å². The van der Waals surface area contributed by atoms with Crippen LogP contribution in [-0.4, -0.2) is 60.9 Å². The predicted molar refractivity (Wildman–Crippen MR) is 101 cm³/mol. The van der Waals surface area contributed by atoms with Crippen molar-refractivity contribution in [1.82, 2.24) is 15.1 Å². The molecule has 1 aromatic carbocycles. The third-order valence-electron chi connectivity index (χ3n) is 4.66. The van der Waals surface area contributed by atoms with Gasteiger partial charge in [0.25, 0.3) is 0 Å². The average Bonchev–Trinajstić information content (AvgIpc) is 3.41. The number of halogens is 2. The Morgan fingerprint density at radius 2 is 1.56 bits per heavy atom. The molecule has 1 aromatic rings. The summed E-state index contributed by atoms with van der Waals surface area (Å²) >= 11 is 5.86. The SMILES string of the molecule is Cl.O=C(CNCC1CC1)N1CCN(C(=O)Cc2ccc(Cl)cc2)CC1. The van der Waals surface area contributed by atoms with Gasteiger partial charge in [0.05, 0.1) is 13.0 Å². The van der Waals surface area contributed by atoms with Crippen LogP contribution in [-0.2, 0) is 16.0 Å². The molecule has 0 aromatic heterocycles. The van der Waals surface area contributed by atoms with Crippen LogP contribution in [0.25, 0.3) is 0 Å². The second-order valence-electron chi connectivity index (χ2n) is 6.64. The van der Waals surface area contributed by atoms with Crippen molar-refractivity contribution in [3.05, 3.63) is 34.9 Å². The lowest BCUT2D eigenvalue weighted by Gasteiger charge is -2.35. The standard InChI is InChI=1S/C18H24ClN3O2.ClH/c19-16-5-3-14(4-6-16)11-17(23)21-7-9-22(10-8-21)18(24)13-20-12-15-1-2-15;/h3-6,15,20H,1-2,7-13H2;1H. The molecule has 1 aliphatic heterocycles. The summed E-state index contributed by atoms with van der Waals surface area (Å²) < 4.78 is 0. The lowest BCUT2D eigenvalue weighted by atomic mass is 10.1. The van der Waals surface area contributed by atoms with Gasteiger partial charge in [-0.3, -0.25) is 9.59 Å². The van der Waals surface area contributed by atoms with E-state index < -0.39 is 0 Å². The minimum absolute atomic E-state index is 0. The number of nitrogens with zero attached hydrogens (tertiary/aromatic N) is 2. The summed E-state index contributed by atoms with van der Waals surface area (Å²) in [6.07, 6.45) is 2.96. The number of amides is 2. The molecule has 3 rings (SSSR count). The van der Waals surface area contributed by atoms with Gasteiger partial charge in [0.15, 0.2) is 0 Å². The topological polar surface area (TPSA) is 52.7 Å². The smallest absolute Gasteiger partial charge is 0.236 e. The molecule has 1 saturated heterocycles. The fraction of sp³-hybridized carbons (Fsp3) is 0.556. The Morgan fingerprint density at radius 1 is 1.00 bits per heavy atom. The van der Waals surface area contributed by atoms with E-state index in [2.05, 4.69) is 5.32 Å². The minimum atomic E-state index is 0. The molecule has 0 bridgehead atoms. The van der Waals surface area contributed by atoms with Gasteiger partial charge in [0.2, 0.25) is 11.8 Å². The molecule has 2 amide bonds. The second kappa shape index (κ2) is 9.41. The van der Waals surface area contributed by atoms with Crippen molar-refractivity contribution in [2.75, 3.05) is 39.3 Å². The van der Waals surface area contributed by atoms with E-state index in [1.54, 1.807) is 12.1 Å². The molecule has 1 aliphatic carbocycles. The van der Waals surface area contributed by atoms with Gasteiger partial charge in [-0.2, -0.15) is 0 Å². The number of hydrogen-bond donors (Lipinski definition) is 1. The van der Waals surface area contributed by atoms with Gasteiger partial charge in [-0.25, -0.2) is 0 Å². The lowest BCUT2D eigenvalue weighted by Crippen LogP contribution is -2.52. The Balaban J connectivity index is 0.00000225. The van der Waals surface area contributed by atoms with Crippen LogP contribution in [0.3, 0.4) is 0 Å². The zero-order chi connectivity index (χ0) is 16.9. The quantitative estimate of drug-likeness (QED) is 0.814. The number of carbonyl (C=O) groups excluding carboxylic acids is 2. The summed E-state index contributed by atoms with van der Waals surface area (Å²) in [6.45, 7) is 3.83. The molecule has 5 nitrogen and oxygen atoms in total. The highest BCUT2D eigenvalue weighted by Crippen LogP contribution is 2.27. The normalized spacial score (nSPS) is 17.2. The number of rotatable bonds is 6. The highest BCUT2D eigenvalue weighted by molar-refractivity contribution is 6.30. The summed E-state index contributed by atoms with van der Waals surface area (Å²) in [5.41, 5.74) is 0.965. The first-order chi connectivity index (χ1) is 11.6. The van der Waals surface area contributed by atoms with Gasteiger partial charge >= 0.3 is 0 Å². The summed E-state index contributed by atoms with van der Waals surface area (Å²) in [4.78, 5) is 28.2. The van der Waals surface area contributed by atoms with Crippen molar-refractivity contribution in [2.45, 2.75) is 19.3 Å². The van der Waals surface area contributed by atoms with Gasteiger partial charge < -0.3 is 15.1 Å². The van der Waals surface area contributed by atoms with Crippen LogP contribution in [0.2, 0.25) is 5.02 Å². The summed E-state index contributed by atoms with van der Waals surface area (Å²) in [5, 5.41) is 3.91. The maximum atomic E-state index is 12.4. The van der Waals surface area contributed by atoms with Crippen LogP contribution in [0.15, 0.2) is 24.3 Å². The molecule has 0 radical (unpaired) electrons. The number of piperazine rings is 1. The fourth-order valence-electron chi connectivity index (χ4n) is 2.91. The third kappa shape index (κ3) is 6.17. The Kier molecular flexibility index (Phi) is 7.54. The highest BCUT2D eigenvalue weighted by atomic mass is 35.5. The molecule has 2 aliphatic rings. The zero-order valence-corrected chi connectivity index (χ0v) is 15.8. The van der Waals surface area contributed by atoms with Crippen LogP contribution in [0.1, 0.15) is 18.4 Å². The molecule has 25 heavy (non-hydrogen) atoms. The number of nitrogens with one attached hydrogen (secondary N) is 1. The van der Waals surface area contributed by atoms with E-state index in [0.29, 0.717) is 44.2 Å². The van der Waals surface area contributed by atoms with Crippen LogP contribution in [0, 0.1) is 5.92 Å². The van der Waals surface area contributed by atoms with Gasteiger partial charge in [-0.1, -0.05) is 23.7 Å². The van der Waals surface area contributed by atoms with Gasteiger partial charge in [0, 0.05) is 31.2 Å². The summed E-state index contributed by atoms with van der Waals surface area (Å²) in [7, 11) is 0. The van der Waals surface area contributed by atoms with Crippen molar-refractivity contribution >= 4 is 35.8 Å². The number of carbonyl (C=O) groups is 2. The van der Waals surface area contributed by atoms with E-state index in [0.717, 1.165) is 18.0 Å². The van der Waals surface area contributed by atoms with Crippen molar-refractivity contribution in [2.24, 2.45) is 5.92 Å². The monoisotopic (exact) mass is 385 g/mol. The highest BCUT2D eigenvalue weighted by Gasteiger charge is 2.25. The molecule has 1 saturated carbocycles. The van der Waals surface area contributed by atoms with Crippen LogP contribution >= 0.6 is 24.0 Å². The average molecular weight is 386 g/mol. The number of hydrogen-bond acceptors (Lipinski definition) is 3. The fourth-order valence-corrected chi connectivity index (χ4v) is 3.04. The van der Waals surface area contributed by atoms with E-state index in [9.17, 15) is 9.59 Å². The van der Waals surface area contributed by atoms with Crippen LogP contribution in [0.5, 0.6) is 0 Å². The van der Waals surface area contributed by atoms with Crippen molar-refractivity contribution in [1.29, 1.82) is 0 Å². The minimum Gasteiger partial charge on any atom is -0.339 e. The predicted octanol–water partition coefficient (Wildman–Crippen LogP) is 1.97. The van der Waals surface area contributed by atoms with Gasteiger partial charge in [-0.15, -0.1) is 12.4 Å². The Labute approximate surface area is 160 Å². The first kappa shape index (κ1) is 20.0. The maximum absolute atomic E-state index is 12.4. The lowest BCUT2D eigenvalue weighted by molar-refractivity contribution is -0.138. The van der Waals surface area contributed by atoms with E-state index in [4.69, 9.17) is 11.6 Å².